The molecule has 1 aliphatic carbocycles. The molecule has 1 aliphatic rings. The van der Waals surface area contributed by atoms with Crippen LogP contribution in [0.2, 0.25) is 0 Å². The molecule has 1 aromatic carbocycles. The summed E-state index contributed by atoms with van der Waals surface area (Å²) in [4.78, 5) is 36.2. The van der Waals surface area contributed by atoms with Crippen LogP contribution in [0.1, 0.15) is 37.0 Å². The third kappa shape index (κ3) is 3.68. The molecule has 1 aromatic rings. The molecule has 112 valence electrons. The van der Waals surface area contributed by atoms with Crippen LogP contribution in [0.3, 0.4) is 0 Å². The highest BCUT2D eigenvalue weighted by atomic mass is 16.4. The van der Waals surface area contributed by atoms with E-state index in [1.54, 1.807) is 31.2 Å². The Labute approximate surface area is 123 Å². The van der Waals surface area contributed by atoms with E-state index in [2.05, 4.69) is 0 Å². The molecule has 1 amide bonds. The van der Waals surface area contributed by atoms with Gasteiger partial charge < -0.3 is 10.0 Å². The third-order valence-corrected chi connectivity index (χ3v) is 3.66. The van der Waals surface area contributed by atoms with Crippen LogP contribution < -0.4 is 4.90 Å². The summed E-state index contributed by atoms with van der Waals surface area (Å²) in [5, 5.41) is 9.05. The number of hydrogen-bond acceptors (Lipinski definition) is 3. The van der Waals surface area contributed by atoms with E-state index in [9.17, 15) is 14.4 Å². The second kappa shape index (κ2) is 6.08. The Morgan fingerprint density at radius 3 is 2.24 bits per heavy atom. The molecule has 0 spiro atoms. The Balaban J connectivity index is 2.23. The molecular weight excluding hydrogens is 270 g/mol. The minimum atomic E-state index is -0.927. The van der Waals surface area contributed by atoms with Crippen LogP contribution in [-0.2, 0) is 9.59 Å². The normalized spacial score (nSPS) is 15.3. The molecule has 0 aliphatic heterocycles. The zero-order valence-electron chi connectivity index (χ0n) is 12.2. The molecule has 1 fully saturated rings. The fourth-order valence-corrected chi connectivity index (χ4v) is 2.10. The average Bonchev–Trinajstić information content (AvgIpc) is 3.28. The number of carbonyl (C=O) groups excluding carboxylic acids is 2. The average molecular weight is 289 g/mol. The number of carbonyl (C=O) groups is 3. The predicted molar refractivity (Wildman–Crippen MR) is 78.3 cm³/mol. The predicted octanol–water partition coefficient (Wildman–Crippen LogP) is 2.35. The molecule has 1 saturated carbocycles. The number of nitrogens with zero attached hydrogens (tertiary/aromatic N) is 1. The van der Waals surface area contributed by atoms with Gasteiger partial charge in [-0.15, -0.1) is 0 Å². The maximum Gasteiger partial charge on any atom is 0.308 e. The van der Waals surface area contributed by atoms with Crippen LogP contribution in [0.25, 0.3) is 0 Å². The summed E-state index contributed by atoms with van der Waals surface area (Å²) in [6, 6.07) is 6.73. The lowest BCUT2D eigenvalue weighted by Crippen LogP contribution is -2.38. The van der Waals surface area contributed by atoms with E-state index in [4.69, 9.17) is 5.11 Å². The van der Waals surface area contributed by atoms with Crippen LogP contribution >= 0.6 is 0 Å². The first-order valence-electron chi connectivity index (χ1n) is 7.05. The lowest BCUT2D eigenvalue weighted by Gasteiger charge is -2.25. The van der Waals surface area contributed by atoms with Gasteiger partial charge in [0, 0.05) is 23.7 Å². The van der Waals surface area contributed by atoms with Crippen molar-refractivity contribution in [3.8, 4) is 0 Å². The molecule has 1 N–H and O–H groups in total. The van der Waals surface area contributed by atoms with Crippen molar-refractivity contribution in [3.63, 3.8) is 0 Å². The van der Waals surface area contributed by atoms with Gasteiger partial charge in [0.05, 0.1) is 5.92 Å². The van der Waals surface area contributed by atoms with Gasteiger partial charge in [0.25, 0.3) is 0 Å². The molecule has 0 radical (unpaired) electrons. The first kappa shape index (κ1) is 15.2. The summed E-state index contributed by atoms with van der Waals surface area (Å²) in [7, 11) is 0. The number of hydrogen-bond donors (Lipinski definition) is 1. The summed E-state index contributed by atoms with van der Waals surface area (Å²) in [5.41, 5.74) is 1.22. The maximum absolute atomic E-state index is 12.3. The van der Waals surface area contributed by atoms with Gasteiger partial charge in [0.1, 0.15) is 0 Å². The van der Waals surface area contributed by atoms with Crippen LogP contribution in [0.4, 0.5) is 5.69 Å². The van der Waals surface area contributed by atoms with E-state index >= 15 is 0 Å². The second-order valence-corrected chi connectivity index (χ2v) is 5.57. The summed E-state index contributed by atoms with van der Waals surface area (Å²) in [5.74, 6) is -1.62. The summed E-state index contributed by atoms with van der Waals surface area (Å²) >= 11 is 0. The van der Waals surface area contributed by atoms with Crippen molar-refractivity contribution < 1.29 is 19.5 Å². The Kier molecular flexibility index (Phi) is 4.40. The molecule has 0 saturated heterocycles. The van der Waals surface area contributed by atoms with Gasteiger partial charge in [0.15, 0.2) is 5.78 Å². The van der Waals surface area contributed by atoms with Gasteiger partial charge in [-0.3, -0.25) is 14.4 Å². The quantitative estimate of drug-likeness (QED) is 0.816. The third-order valence-electron chi connectivity index (χ3n) is 3.66. The molecule has 21 heavy (non-hydrogen) atoms. The topological polar surface area (TPSA) is 74.7 Å². The molecule has 1 atom stereocenters. The minimum absolute atomic E-state index is 0.0125. The van der Waals surface area contributed by atoms with E-state index in [1.165, 1.54) is 11.8 Å². The first-order chi connectivity index (χ1) is 9.90. The SMILES string of the molecule is CC(=O)c1ccc(N(CC(C)C(=O)O)C(=O)C2CC2)cc1. The Morgan fingerprint density at radius 1 is 1.24 bits per heavy atom. The number of Topliss-reactive ketones (excluding diaryl/α,β-unsaturated/α-hetero) is 1. The molecule has 2 rings (SSSR count). The van der Waals surface area contributed by atoms with Crippen molar-refractivity contribution >= 4 is 23.3 Å². The molecule has 1 unspecified atom stereocenters. The summed E-state index contributed by atoms with van der Waals surface area (Å²) in [6.07, 6.45) is 1.73. The van der Waals surface area contributed by atoms with Crippen molar-refractivity contribution in [2.75, 3.05) is 11.4 Å². The second-order valence-electron chi connectivity index (χ2n) is 5.57. The lowest BCUT2D eigenvalue weighted by molar-refractivity contribution is -0.140. The van der Waals surface area contributed by atoms with Crippen molar-refractivity contribution in [2.45, 2.75) is 26.7 Å². The summed E-state index contributed by atoms with van der Waals surface area (Å²) < 4.78 is 0. The standard InChI is InChI=1S/C16H19NO4/c1-10(16(20)21)9-17(15(19)13-3-4-13)14-7-5-12(6-8-14)11(2)18/h5-8,10,13H,3-4,9H2,1-2H3,(H,20,21). The van der Waals surface area contributed by atoms with E-state index in [1.807, 2.05) is 0 Å². The number of carboxylic acid groups (broad SMARTS) is 1. The van der Waals surface area contributed by atoms with Crippen LogP contribution in [0.15, 0.2) is 24.3 Å². The van der Waals surface area contributed by atoms with Gasteiger partial charge in [0.2, 0.25) is 5.91 Å². The van der Waals surface area contributed by atoms with Crippen molar-refractivity contribution in [3.05, 3.63) is 29.8 Å². The van der Waals surface area contributed by atoms with E-state index < -0.39 is 11.9 Å². The fraction of sp³-hybridized carbons (Fsp3) is 0.438. The number of rotatable bonds is 6. The first-order valence-corrected chi connectivity index (χ1v) is 7.05. The molecule has 0 bridgehead atoms. The highest BCUT2D eigenvalue weighted by Crippen LogP contribution is 2.33. The monoisotopic (exact) mass is 289 g/mol. The van der Waals surface area contributed by atoms with Gasteiger partial charge in [-0.05, 0) is 44.0 Å². The van der Waals surface area contributed by atoms with Crippen LogP contribution in [0.5, 0.6) is 0 Å². The minimum Gasteiger partial charge on any atom is -0.481 e. The number of aliphatic carboxylic acids is 1. The Bertz CT molecular complexity index is 560. The molecule has 5 heteroatoms. The van der Waals surface area contributed by atoms with E-state index in [0.717, 1.165) is 12.8 Å². The molecule has 0 aromatic heterocycles. The molecular formula is C16H19NO4. The fourth-order valence-electron chi connectivity index (χ4n) is 2.10. The van der Waals surface area contributed by atoms with Crippen molar-refractivity contribution in [2.24, 2.45) is 11.8 Å². The van der Waals surface area contributed by atoms with E-state index in [-0.39, 0.29) is 24.2 Å². The molecule has 0 heterocycles. The largest absolute Gasteiger partial charge is 0.481 e. The number of amides is 1. The highest BCUT2D eigenvalue weighted by molar-refractivity contribution is 5.98. The lowest BCUT2D eigenvalue weighted by atomic mass is 10.1. The van der Waals surface area contributed by atoms with Gasteiger partial charge >= 0.3 is 5.97 Å². The van der Waals surface area contributed by atoms with Crippen molar-refractivity contribution in [1.82, 2.24) is 0 Å². The number of carboxylic acids is 1. The summed E-state index contributed by atoms with van der Waals surface area (Å²) in [6.45, 7) is 3.21. The maximum atomic E-state index is 12.3. The zero-order valence-corrected chi connectivity index (χ0v) is 12.2. The zero-order chi connectivity index (χ0) is 15.6. The van der Waals surface area contributed by atoms with Gasteiger partial charge in [-0.2, -0.15) is 0 Å². The van der Waals surface area contributed by atoms with Crippen LogP contribution in [-0.4, -0.2) is 29.3 Å². The van der Waals surface area contributed by atoms with Crippen LogP contribution in [0, 0.1) is 11.8 Å². The number of benzene rings is 1. The number of ketones is 1. The highest BCUT2D eigenvalue weighted by Gasteiger charge is 2.35. The smallest absolute Gasteiger partial charge is 0.308 e. The Morgan fingerprint density at radius 2 is 1.81 bits per heavy atom. The van der Waals surface area contributed by atoms with Gasteiger partial charge in [-0.25, -0.2) is 0 Å². The Hall–Kier alpha value is -2.17. The molecule has 5 nitrogen and oxygen atoms in total. The number of anilines is 1. The van der Waals surface area contributed by atoms with Crippen molar-refractivity contribution in [1.29, 1.82) is 0 Å². The van der Waals surface area contributed by atoms with Gasteiger partial charge in [-0.1, -0.05) is 6.92 Å². The van der Waals surface area contributed by atoms with E-state index in [0.29, 0.717) is 11.3 Å².